The molecule has 1 saturated heterocycles. The van der Waals surface area contributed by atoms with Gasteiger partial charge in [-0.1, -0.05) is 11.2 Å². The van der Waals surface area contributed by atoms with Crippen LogP contribution in [0.5, 0.6) is 0 Å². The average Bonchev–Trinajstić information content (AvgIpc) is 3.32. The van der Waals surface area contributed by atoms with E-state index in [4.69, 9.17) is 9.26 Å². The standard InChI is InChI=1S/C21H21N5O6S/c1-15(27)25-8-10-26(11-9-25)33(29,30)18-6-2-4-16(12-18)21(28)31-14-19-23-20(24-32-19)17-5-3-7-22-13-17/h2-7,12-13H,8-11,14H2,1H3. The first-order valence-electron chi connectivity index (χ1n) is 10.1. The van der Waals surface area contributed by atoms with Crippen molar-refractivity contribution in [2.45, 2.75) is 18.4 Å². The summed E-state index contributed by atoms with van der Waals surface area (Å²) in [5.41, 5.74) is 0.728. The molecule has 3 heterocycles. The molecule has 172 valence electrons. The molecule has 0 aliphatic carbocycles. The van der Waals surface area contributed by atoms with Crippen molar-refractivity contribution in [1.82, 2.24) is 24.3 Å². The fraction of sp³-hybridized carbons (Fsp3) is 0.286. The van der Waals surface area contributed by atoms with Crippen molar-refractivity contribution in [2.75, 3.05) is 26.2 Å². The van der Waals surface area contributed by atoms with Crippen LogP contribution in [0.2, 0.25) is 0 Å². The highest BCUT2D eigenvalue weighted by Crippen LogP contribution is 2.20. The summed E-state index contributed by atoms with van der Waals surface area (Å²) in [6.07, 6.45) is 3.19. The van der Waals surface area contributed by atoms with Crippen LogP contribution in [0.25, 0.3) is 11.4 Å². The Bertz CT molecular complexity index is 1250. The summed E-state index contributed by atoms with van der Waals surface area (Å²) in [7, 11) is -3.82. The number of nitrogens with zero attached hydrogens (tertiary/aromatic N) is 5. The molecule has 0 spiro atoms. The van der Waals surface area contributed by atoms with Crippen molar-refractivity contribution >= 4 is 21.9 Å². The molecule has 0 radical (unpaired) electrons. The molecule has 3 aromatic rings. The zero-order chi connectivity index (χ0) is 23.4. The van der Waals surface area contributed by atoms with E-state index in [0.29, 0.717) is 24.5 Å². The molecular weight excluding hydrogens is 450 g/mol. The minimum absolute atomic E-state index is 0.0233. The van der Waals surface area contributed by atoms with E-state index in [1.807, 2.05) is 0 Å². The van der Waals surface area contributed by atoms with Gasteiger partial charge in [-0.25, -0.2) is 13.2 Å². The lowest BCUT2D eigenvalue weighted by molar-refractivity contribution is -0.129. The molecule has 1 aliphatic rings. The Balaban J connectivity index is 1.41. The highest BCUT2D eigenvalue weighted by molar-refractivity contribution is 7.89. The van der Waals surface area contributed by atoms with Gasteiger partial charge in [0.05, 0.1) is 10.5 Å². The first-order chi connectivity index (χ1) is 15.8. The summed E-state index contributed by atoms with van der Waals surface area (Å²) < 4.78 is 37.6. The fourth-order valence-corrected chi connectivity index (χ4v) is 4.78. The van der Waals surface area contributed by atoms with Crippen LogP contribution in [-0.4, -0.2) is 70.8 Å². The van der Waals surface area contributed by atoms with Crippen molar-refractivity contribution < 1.29 is 27.3 Å². The lowest BCUT2D eigenvalue weighted by Crippen LogP contribution is -2.49. The van der Waals surface area contributed by atoms with E-state index in [0.717, 1.165) is 0 Å². The second kappa shape index (κ2) is 9.46. The number of benzene rings is 1. The number of carbonyl (C=O) groups excluding carboxylic acids is 2. The molecule has 0 bridgehead atoms. The van der Waals surface area contributed by atoms with Gasteiger partial charge in [-0.2, -0.15) is 9.29 Å². The molecule has 1 aliphatic heterocycles. The van der Waals surface area contributed by atoms with E-state index in [-0.39, 0.29) is 42.0 Å². The lowest BCUT2D eigenvalue weighted by Gasteiger charge is -2.33. The van der Waals surface area contributed by atoms with Gasteiger partial charge in [0.25, 0.3) is 5.89 Å². The molecule has 0 N–H and O–H groups in total. The number of amides is 1. The SMILES string of the molecule is CC(=O)N1CCN(S(=O)(=O)c2cccc(C(=O)OCc3nc(-c4cccnc4)no3)c2)CC1. The van der Waals surface area contributed by atoms with E-state index < -0.39 is 16.0 Å². The Labute approximate surface area is 190 Å². The van der Waals surface area contributed by atoms with E-state index in [2.05, 4.69) is 15.1 Å². The van der Waals surface area contributed by atoms with Gasteiger partial charge in [0, 0.05) is 51.1 Å². The molecule has 12 heteroatoms. The summed E-state index contributed by atoms with van der Waals surface area (Å²) in [5.74, 6) is -0.415. The third-order valence-corrected chi connectivity index (χ3v) is 7.00. The summed E-state index contributed by atoms with van der Waals surface area (Å²) in [5, 5.41) is 3.82. The smallest absolute Gasteiger partial charge is 0.338 e. The molecule has 1 aromatic carbocycles. The zero-order valence-electron chi connectivity index (χ0n) is 17.7. The first kappa shape index (κ1) is 22.6. The summed E-state index contributed by atoms with van der Waals surface area (Å²) >= 11 is 0. The molecule has 1 fully saturated rings. The maximum atomic E-state index is 13.0. The van der Waals surface area contributed by atoms with Gasteiger partial charge in [0.2, 0.25) is 21.8 Å². The Kier molecular flexibility index (Phi) is 6.47. The molecule has 2 aromatic heterocycles. The number of piperazine rings is 1. The Hall–Kier alpha value is -3.64. The second-order valence-electron chi connectivity index (χ2n) is 7.27. The summed E-state index contributed by atoms with van der Waals surface area (Å²) in [6.45, 7) is 2.20. The van der Waals surface area contributed by atoms with Gasteiger partial charge in [0.1, 0.15) is 0 Å². The van der Waals surface area contributed by atoms with Crippen LogP contribution in [0, 0.1) is 0 Å². The van der Waals surface area contributed by atoms with Crippen molar-refractivity contribution in [3.05, 3.63) is 60.2 Å². The van der Waals surface area contributed by atoms with Gasteiger partial charge in [-0.3, -0.25) is 9.78 Å². The van der Waals surface area contributed by atoms with E-state index in [1.54, 1.807) is 29.4 Å². The topological polar surface area (TPSA) is 136 Å². The molecule has 0 atom stereocenters. The van der Waals surface area contributed by atoms with Crippen LogP contribution in [0.1, 0.15) is 23.2 Å². The van der Waals surface area contributed by atoms with Crippen molar-refractivity contribution in [3.8, 4) is 11.4 Å². The molecular formula is C21H21N5O6S. The number of hydrogen-bond donors (Lipinski definition) is 0. The number of pyridine rings is 1. The van der Waals surface area contributed by atoms with Crippen LogP contribution >= 0.6 is 0 Å². The number of aromatic nitrogens is 3. The van der Waals surface area contributed by atoms with E-state index in [1.165, 1.54) is 35.5 Å². The van der Waals surface area contributed by atoms with Crippen LogP contribution in [0.3, 0.4) is 0 Å². The normalized spacial score (nSPS) is 14.8. The van der Waals surface area contributed by atoms with Gasteiger partial charge >= 0.3 is 5.97 Å². The van der Waals surface area contributed by atoms with E-state index >= 15 is 0 Å². The largest absolute Gasteiger partial charge is 0.452 e. The van der Waals surface area contributed by atoms with Gasteiger partial charge in [-0.15, -0.1) is 0 Å². The summed E-state index contributed by atoms with van der Waals surface area (Å²) in [4.78, 5) is 33.7. The highest BCUT2D eigenvalue weighted by atomic mass is 32.2. The lowest BCUT2D eigenvalue weighted by atomic mass is 10.2. The number of carbonyl (C=O) groups is 2. The molecule has 11 nitrogen and oxygen atoms in total. The molecule has 4 rings (SSSR count). The summed E-state index contributed by atoms with van der Waals surface area (Å²) in [6, 6.07) is 9.12. The molecule has 33 heavy (non-hydrogen) atoms. The Morgan fingerprint density at radius 1 is 1.12 bits per heavy atom. The van der Waals surface area contributed by atoms with Crippen LogP contribution in [-0.2, 0) is 26.2 Å². The third kappa shape index (κ3) is 5.07. The maximum absolute atomic E-state index is 13.0. The van der Waals surface area contributed by atoms with Gasteiger partial charge < -0.3 is 14.2 Å². The zero-order valence-corrected chi connectivity index (χ0v) is 18.6. The van der Waals surface area contributed by atoms with Gasteiger partial charge in [-0.05, 0) is 30.3 Å². The predicted octanol–water partition coefficient (Wildman–Crippen LogP) is 1.34. The number of ether oxygens (including phenoxy) is 1. The third-order valence-electron chi connectivity index (χ3n) is 5.11. The van der Waals surface area contributed by atoms with E-state index in [9.17, 15) is 18.0 Å². The highest BCUT2D eigenvalue weighted by Gasteiger charge is 2.29. The molecule has 0 unspecified atom stereocenters. The minimum atomic E-state index is -3.82. The average molecular weight is 471 g/mol. The van der Waals surface area contributed by atoms with Gasteiger partial charge in [0.15, 0.2) is 6.61 Å². The Morgan fingerprint density at radius 2 is 1.91 bits per heavy atom. The number of hydrogen-bond acceptors (Lipinski definition) is 9. The van der Waals surface area contributed by atoms with Crippen LogP contribution in [0.15, 0.2) is 58.2 Å². The van der Waals surface area contributed by atoms with Crippen molar-refractivity contribution in [3.63, 3.8) is 0 Å². The fourth-order valence-electron chi connectivity index (χ4n) is 3.31. The van der Waals surface area contributed by atoms with Crippen molar-refractivity contribution in [1.29, 1.82) is 0 Å². The predicted molar refractivity (Wildman–Crippen MR) is 114 cm³/mol. The van der Waals surface area contributed by atoms with Crippen LogP contribution < -0.4 is 0 Å². The van der Waals surface area contributed by atoms with Crippen molar-refractivity contribution in [2.24, 2.45) is 0 Å². The maximum Gasteiger partial charge on any atom is 0.338 e. The minimum Gasteiger partial charge on any atom is -0.452 e. The number of sulfonamides is 1. The second-order valence-corrected chi connectivity index (χ2v) is 9.21. The Morgan fingerprint density at radius 3 is 2.61 bits per heavy atom. The van der Waals surface area contributed by atoms with Crippen LogP contribution in [0.4, 0.5) is 0 Å². The number of esters is 1. The molecule has 0 saturated carbocycles. The number of rotatable bonds is 6. The monoisotopic (exact) mass is 471 g/mol. The molecule has 1 amide bonds. The first-order valence-corrected chi connectivity index (χ1v) is 11.5. The quantitative estimate of drug-likeness (QED) is 0.488.